The van der Waals surface area contributed by atoms with Gasteiger partial charge < -0.3 is 4.74 Å². The SMILES string of the molecule is CC(C)(C)OC(=O)[C@@H]1C[C@H](c2ccc(F)cc2)[C@H]1c1ccccc1. The second-order valence-electron chi connectivity index (χ2n) is 7.47. The first-order valence-corrected chi connectivity index (χ1v) is 8.38. The van der Waals surface area contributed by atoms with Crippen LogP contribution in [0.2, 0.25) is 0 Å². The van der Waals surface area contributed by atoms with Gasteiger partial charge in [-0.2, -0.15) is 0 Å². The van der Waals surface area contributed by atoms with Crippen LogP contribution in [0.4, 0.5) is 4.39 Å². The zero-order chi connectivity index (χ0) is 17.3. The van der Waals surface area contributed by atoms with Crippen LogP contribution in [-0.4, -0.2) is 11.6 Å². The van der Waals surface area contributed by atoms with E-state index in [1.807, 2.05) is 51.1 Å². The Balaban J connectivity index is 1.87. The Morgan fingerprint density at radius 3 is 2.21 bits per heavy atom. The fourth-order valence-corrected chi connectivity index (χ4v) is 3.46. The third kappa shape index (κ3) is 3.50. The van der Waals surface area contributed by atoms with Crippen LogP contribution in [-0.2, 0) is 9.53 Å². The average Bonchev–Trinajstić information content (AvgIpc) is 2.47. The van der Waals surface area contributed by atoms with Crippen molar-refractivity contribution in [1.29, 1.82) is 0 Å². The van der Waals surface area contributed by atoms with Crippen LogP contribution in [0.15, 0.2) is 54.6 Å². The lowest BCUT2D eigenvalue weighted by molar-refractivity contribution is -0.165. The molecule has 0 heterocycles. The van der Waals surface area contributed by atoms with Gasteiger partial charge >= 0.3 is 5.97 Å². The van der Waals surface area contributed by atoms with E-state index in [-0.39, 0.29) is 29.5 Å². The highest BCUT2D eigenvalue weighted by Crippen LogP contribution is 2.54. The Kier molecular flexibility index (Phi) is 4.44. The fraction of sp³-hybridized carbons (Fsp3) is 0.381. The molecule has 0 bridgehead atoms. The smallest absolute Gasteiger partial charge is 0.310 e. The van der Waals surface area contributed by atoms with Crippen LogP contribution in [0, 0.1) is 11.7 Å². The summed E-state index contributed by atoms with van der Waals surface area (Å²) in [4.78, 5) is 12.6. The molecule has 2 aromatic carbocycles. The summed E-state index contributed by atoms with van der Waals surface area (Å²) in [6, 6.07) is 16.7. The van der Waals surface area contributed by atoms with E-state index in [0.717, 1.165) is 17.5 Å². The molecule has 1 fully saturated rings. The average molecular weight is 326 g/mol. The molecule has 24 heavy (non-hydrogen) atoms. The van der Waals surface area contributed by atoms with Crippen molar-refractivity contribution in [2.75, 3.05) is 0 Å². The molecule has 2 nitrogen and oxygen atoms in total. The molecule has 0 amide bonds. The van der Waals surface area contributed by atoms with Crippen LogP contribution in [0.1, 0.15) is 50.2 Å². The molecule has 3 rings (SSSR count). The molecule has 3 heteroatoms. The number of benzene rings is 2. The van der Waals surface area contributed by atoms with Crippen LogP contribution >= 0.6 is 0 Å². The molecular formula is C21H23FO2. The maximum Gasteiger partial charge on any atom is 0.310 e. The van der Waals surface area contributed by atoms with Gasteiger partial charge in [0.1, 0.15) is 11.4 Å². The van der Waals surface area contributed by atoms with Gasteiger partial charge in [0, 0.05) is 5.92 Å². The molecule has 1 aliphatic rings. The Hall–Kier alpha value is -2.16. The molecule has 0 N–H and O–H groups in total. The number of ether oxygens (including phenoxy) is 1. The predicted octanol–water partition coefficient (Wildman–Crippen LogP) is 5.05. The maximum atomic E-state index is 13.2. The van der Waals surface area contributed by atoms with Crippen molar-refractivity contribution >= 4 is 5.97 Å². The molecule has 0 aromatic heterocycles. The summed E-state index contributed by atoms with van der Waals surface area (Å²) < 4.78 is 18.8. The van der Waals surface area contributed by atoms with Gasteiger partial charge in [-0.1, -0.05) is 42.5 Å². The van der Waals surface area contributed by atoms with Crippen LogP contribution in [0.3, 0.4) is 0 Å². The number of rotatable bonds is 3. The second-order valence-corrected chi connectivity index (χ2v) is 7.47. The third-order valence-electron chi connectivity index (χ3n) is 4.57. The molecule has 3 atom stereocenters. The lowest BCUT2D eigenvalue weighted by Crippen LogP contribution is -2.41. The highest BCUT2D eigenvalue weighted by atomic mass is 19.1. The van der Waals surface area contributed by atoms with E-state index >= 15 is 0 Å². The normalized spacial score (nSPS) is 23.4. The summed E-state index contributed by atoms with van der Waals surface area (Å²) in [6.45, 7) is 5.66. The number of carbonyl (C=O) groups excluding carboxylic acids is 1. The fourth-order valence-electron chi connectivity index (χ4n) is 3.46. The van der Waals surface area contributed by atoms with Gasteiger partial charge in [-0.25, -0.2) is 4.39 Å². The zero-order valence-corrected chi connectivity index (χ0v) is 14.3. The number of hydrogen-bond donors (Lipinski definition) is 0. The summed E-state index contributed by atoms with van der Waals surface area (Å²) in [5.74, 6) is -0.244. The zero-order valence-electron chi connectivity index (χ0n) is 14.3. The topological polar surface area (TPSA) is 26.3 Å². The number of esters is 1. The first-order chi connectivity index (χ1) is 11.3. The van der Waals surface area contributed by atoms with Crippen molar-refractivity contribution in [3.8, 4) is 0 Å². The van der Waals surface area contributed by atoms with Gasteiger partial charge in [0.25, 0.3) is 0 Å². The van der Waals surface area contributed by atoms with Gasteiger partial charge in [-0.3, -0.25) is 4.79 Å². The van der Waals surface area contributed by atoms with Gasteiger partial charge in [0.15, 0.2) is 0 Å². The first-order valence-electron chi connectivity index (χ1n) is 8.38. The van der Waals surface area contributed by atoms with Crippen molar-refractivity contribution in [2.24, 2.45) is 5.92 Å². The number of hydrogen-bond acceptors (Lipinski definition) is 2. The van der Waals surface area contributed by atoms with Crippen LogP contribution < -0.4 is 0 Å². The minimum Gasteiger partial charge on any atom is -0.460 e. The van der Waals surface area contributed by atoms with E-state index in [4.69, 9.17) is 4.74 Å². The van der Waals surface area contributed by atoms with Crippen molar-refractivity contribution in [1.82, 2.24) is 0 Å². The molecule has 1 saturated carbocycles. The minimum absolute atomic E-state index is 0.0755. The molecule has 0 unspecified atom stereocenters. The summed E-state index contributed by atoms with van der Waals surface area (Å²) in [7, 11) is 0. The van der Waals surface area contributed by atoms with E-state index in [9.17, 15) is 9.18 Å². The standard InChI is InChI=1S/C21H23FO2/c1-21(2,3)24-20(23)18-13-17(14-9-11-16(22)12-10-14)19(18)15-7-5-4-6-8-15/h4-12,17-19H,13H2,1-3H3/t17-,18-,19-/m1/s1. The first kappa shape index (κ1) is 16.7. The van der Waals surface area contributed by atoms with E-state index in [2.05, 4.69) is 12.1 Å². The lowest BCUT2D eigenvalue weighted by atomic mass is 9.59. The van der Waals surface area contributed by atoms with Crippen molar-refractivity contribution < 1.29 is 13.9 Å². The molecular weight excluding hydrogens is 303 g/mol. The van der Waals surface area contributed by atoms with E-state index < -0.39 is 5.60 Å². The second kappa shape index (κ2) is 6.39. The van der Waals surface area contributed by atoms with Gasteiger partial charge in [0.2, 0.25) is 0 Å². The van der Waals surface area contributed by atoms with Gasteiger partial charge in [0.05, 0.1) is 5.92 Å². The monoisotopic (exact) mass is 326 g/mol. The maximum absolute atomic E-state index is 13.2. The Labute approximate surface area is 142 Å². The van der Waals surface area contributed by atoms with Crippen LogP contribution in [0.5, 0.6) is 0 Å². The van der Waals surface area contributed by atoms with Crippen molar-refractivity contribution in [2.45, 2.75) is 44.6 Å². The van der Waals surface area contributed by atoms with Crippen molar-refractivity contribution in [3.05, 3.63) is 71.5 Å². The lowest BCUT2D eigenvalue weighted by Gasteiger charge is -2.44. The number of halogens is 1. The Morgan fingerprint density at radius 2 is 1.62 bits per heavy atom. The van der Waals surface area contributed by atoms with E-state index in [1.54, 1.807) is 0 Å². The highest BCUT2D eigenvalue weighted by molar-refractivity contribution is 5.76. The predicted molar refractivity (Wildman–Crippen MR) is 92.3 cm³/mol. The molecule has 2 aromatic rings. The van der Waals surface area contributed by atoms with Gasteiger partial charge in [-0.15, -0.1) is 0 Å². The minimum atomic E-state index is -0.487. The molecule has 0 aliphatic heterocycles. The van der Waals surface area contributed by atoms with Gasteiger partial charge in [-0.05, 0) is 56.4 Å². The molecule has 0 spiro atoms. The summed E-state index contributed by atoms with van der Waals surface area (Å²) in [5.41, 5.74) is 1.72. The third-order valence-corrected chi connectivity index (χ3v) is 4.57. The summed E-state index contributed by atoms with van der Waals surface area (Å²) >= 11 is 0. The van der Waals surface area contributed by atoms with Crippen LogP contribution in [0.25, 0.3) is 0 Å². The summed E-state index contributed by atoms with van der Waals surface area (Å²) in [5, 5.41) is 0. The quantitative estimate of drug-likeness (QED) is 0.737. The Bertz CT molecular complexity index is 701. The molecule has 1 aliphatic carbocycles. The highest BCUT2D eigenvalue weighted by Gasteiger charge is 2.48. The Morgan fingerprint density at radius 1 is 1.00 bits per heavy atom. The molecule has 0 radical (unpaired) electrons. The summed E-state index contributed by atoms with van der Waals surface area (Å²) in [6.07, 6.45) is 0.736. The molecule has 126 valence electrons. The van der Waals surface area contributed by atoms with Crippen molar-refractivity contribution in [3.63, 3.8) is 0 Å². The van der Waals surface area contributed by atoms with E-state index in [0.29, 0.717) is 0 Å². The van der Waals surface area contributed by atoms with E-state index in [1.165, 1.54) is 12.1 Å². The number of carbonyl (C=O) groups is 1. The molecule has 0 saturated heterocycles. The largest absolute Gasteiger partial charge is 0.460 e.